The van der Waals surface area contributed by atoms with E-state index in [4.69, 9.17) is 9.72 Å². The lowest BCUT2D eigenvalue weighted by Crippen LogP contribution is -2.43. The number of aromatic nitrogens is 3. The molecule has 7 rings (SSSR count). The van der Waals surface area contributed by atoms with Gasteiger partial charge in [-0.2, -0.15) is 10.4 Å². The van der Waals surface area contributed by atoms with Crippen molar-refractivity contribution in [3.63, 3.8) is 0 Å². The summed E-state index contributed by atoms with van der Waals surface area (Å²) in [6, 6.07) is 17.4. The molecule has 4 aromatic rings. The van der Waals surface area contributed by atoms with Crippen LogP contribution in [0.1, 0.15) is 18.4 Å². The molecular formula is C29H30ClN7O. The molecule has 1 N–H and O–H groups in total. The van der Waals surface area contributed by atoms with E-state index >= 15 is 0 Å². The van der Waals surface area contributed by atoms with Crippen LogP contribution in [0.2, 0.25) is 0 Å². The van der Waals surface area contributed by atoms with E-state index < -0.39 is 0 Å². The summed E-state index contributed by atoms with van der Waals surface area (Å²) in [6.45, 7) is 5.87. The second-order valence-corrected chi connectivity index (χ2v) is 10.2. The van der Waals surface area contributed by atoms with Gasteiger partial charge < -0.3 is 19.9 Å². The number of pyridine rings is 2. The fraction of sp³-hybridized carbons (Fsp3) is 0.345. The molecule has 1 aromatic carbocycles. The van der Waals surface area contributed by atoms with Gasteiger partial charge >= 0.3 is 0 Å². The third-order valence-electron chi connectivity index (χ3n) is 7.84. The number of benzene rings is 1. The van der Waals surface area contributed by atoms with Crippen molar-refractivity contribution in [3.05, 3.63) is 66.6 Å². The van der Waals surface area contributed by atoms with E-state index in [2.05, 4.69) is 68.7 Å². The van der Waals surface area contributed by atoms with Crippen LogP contribution in [0, 0.1) is 11.3 Å². The number of hydrogen-bond acceptors (Lipinski definition) is 7. The Labute approximate surface area is 228 Å². The first kappa shape index (κ1) is 24.7. The first-order chi connectivity index (χ1) is 18.2. The van der Waals surface area contributed by atoms with Gasteiger partial charge in [0, 0.05) is 74.0 Å². The molecule has 3 fully saturated rings. The second kappa shape index (κ2) is 10.3. The summed E-state index contributed by atoms with van der Waals surface area (Å²) < 4.78 is 7.81. The molecule has 9 heteroatoms. The van der Waals surface area contributed by atoms with E-state index in [-0.39, 0.29) is 12.4 Å². The van der Waals surface area contributed by atoms with Crippen molar-refractivity contribution in [2.45, 2.75) is 25.0 Å². The zero-order valence-corrected chi connectivity index (χ0v) is 21.9. The number of halogens is 1. The van der Waals surface area contributed by atoms with E-state index in [0.29, 0.717) is 17.8 Å². The molecule has 0 aliphatic carbocycles. The molecule has 0 radical (unpaired) electrons. The van der Waals surface area contributed by atoms with Crippen molar-refractivity contribution in [3.8, 4) is 28.3 Å². The maximum Gasteiger partial charge on any atom is 0.128 e. The first-order valence-electron chi connectivity index (χ1n) is 13.1. The summed E-state index contributed by atoms with van der Waals surface area (Å²) in [5, 5.41) is 17.7. The van der Waals surface area contributed by atoms with Gasteiger partial charge in [-0.05, 0) is 48.7 Å². The molecule has 2 atom stereocenters. The van der Waals surface area contributed by atoms with Crippen molar-refractivity contribution in [1.29, 1.82) is 5.26 Å². The van der Waals surface area contributed by atoms with Gasteiger partial charge in [-0.25, -0.2) is 9.50 Å². The Balaban J connectivity index is 0.00000264. The lowest BCUT2D eigenvalue weighted by atomic mass is 9.99. The molecule has 194 valence electrons. The molecule has 8 nitrogen and oxygen atoms in total. The highest BCUT2D eigenvalue weighted by molar-refractivity contribution is 5.87. The van der Waals surface area contributed by atoms with E-state index in [1.54, 1.807) is 6.20 Å². The maximum absolute atomic E-state index is 9.76. The molecule has 0 amide bonds. The Morgan fingerprint density at radius 2 is 1.63 bits per heavy atom. The molecule has 3 aliphatic heterocycles. The normalized spacial score (nSPS) is 20.8. The number of piperazine rings is 1. The molecule has 3 aromatic heterocycles. The van der Waals surface area contributed by atoms with Gasteiger partial charge in [0.15, 0.2) is 0 Å². The number of nitriles is 1. The largest absolute Gasteiger partial charge is 0.371 e. The highest BCUT2D eigenvalue weighted by Gasteiger charge is 2.34. The van der Waals surface area contributed by atoms with Crippen LogP contribution in [0.15, 0.2) is 61.1 Å². The summed E-state index contributed by atoms with van der Waals surface area (Å²) in [4.78, 5) is 9.58. The molecule has 38 heavy (non-hydrogen) atoms. The highest BCUT2D eigenvalue weighted by atomic mass is 35.5. The number of nitrogens with one attached hydrogen (secondary N) is 1. The van der Waals surface area contributed by atoms with Gasteiger partial charge in [0.1, 0.15) is 11.9 Å². The molecule has 0 saturated carbocycles. The zero-order valence-electron chi connectivity index (χ0n) is 21.1. The molecule has 2 bridgehead atoms. The number of fused-ring (bicyclic) bond motifs is 3. The molecule has 6 heterocycles. The monoisotopic (exact) mass is 527 g/mol. The Morgan fingerprint density at radius 1 is 0.895 bits per heavy atom. The Morgan fingerprint density at radius 3 is 2.32 bits per heavy atom. The standard InChI is InChI=1S/C29H29N7O.ClH/c30-14-23-16-33-36-17-22(20-1-4-24(5-2-20)34-11-9-31-10-12-34)13-27(29(23)36)21-3-8-28(32-15-21)35-18-25-6-7-26(19-35)37-25;/h1-5,8,13,15-17,25-26,31H,6-7,9-12,18-19H2;1H. The fourth-order valence-electron chi connectivity index (χ4n) is 5.90. The average Bonchev–Trinajstić information content (AvgIpc) is 3.54. The summed E-state index contributed by atoms with van der Waals surface area (Å²) >= 11 is 0. The van der Waals surface area contributed by atoms with Crippen molar-refractivity contribution < 1.29 is 4.74 Å². The number of anilines is 2. The number of morpholine rings is 1. The SMILES string of the molecule is Cl.N#Cc1cnn2cc(-c3ccc(N4CCNCC4)cc3)cc(-c3ccc(N4CC5CCC(C4)O5)nc3)c12. The van der Waals surface area contributed by atoms with Gasteiger partial charge in [0.05, 0.1) is 29.5 Å². The van der Waals surface area contributed by atoms with Crippen LogP contribution in [-0.4, -0.2) is 66.1 Å². The van der Waals surface area contributed by atoms with Crippen LogP contribution >= 0.6 is 12.4 Å². The molecule has 2 unspecified atom stereocenters. The van der Waals surface area contributed by atoms with Crippen LogP contribution in [-0.2, 0) is 4.74 Å². The van der Waals surface area contributed by atoms with E-state index in [9.17, 15) is 5.26 Å². The van der Waals surface area contributed by atoms with Crippen molar-refractivity contribution in [2.24, 2.45) is 0 Å². The van der Waals surface area contributed by atoms with Crippen LogP contribution in [0.4, 0.5) is 11.5 Å². The summed E-state index contributed by atoms with van der Waals surface area (Å²) in [5.41, 5.74) is 6.71. The van der Waals surface area contributed by atoms with Crippen LogP contribution in [0.3, 0.4) is 0 Å². The minimum atomic E-state index is 0. The predicted octanol–water partition coefficient (Wildman–Crippen LogP) is 4.13. The first-order valence-corrected chi connectivity index (χ1v) is 13.1. The third kappa shape index (κ3) is 4.47. The van der Waals surface area contributed by atoms with Crippen molar-refractivity contribution >= 4 is 29.4 Å². The molecular weight excluding hydrogens is 498 g/mol. The van der Waals surface area contributed by atoms with Crippen LogP contribution in [0.25, 0.3) is 27.8 Å². The lowest BCUT2D eigenvalue weighted by Gasteiger charge is -2.33. The lowest BCUT2D eigenvalue weighted by molar-refractivity contribution is 0.0302. The van der Waals surface area contributed by atoms with Crippen LogP contribution < -0.4 is 15.1 Å². The summed E-state index contributed by atoms with van der Waals surface area (Å²) in [7, 11) is 0. The molecule has 0 spiro atoms. The van der Waals surface area contributed by atoms with Crippen molar-refractivity contribution in [1.82, 2.24) is 19.9 Å². The van der Waals surface area contributed by atoms with Gasteiger partial charge in [0.25, 0.3) is 0 Å². The van der Waals surface area contributed by atoms with Gasteiger partial charge in [-0.3, -0.25) is 0 Å². The van der Waals surface area contributed by atoms with Crippen molar-refractivity contribution in [2.75, 3.05) is 49.1 Å². The summed E-state index contributed by atoms with van der Waals surface area (Å²) in [6.07, 6.45) is 8.48. The van der Waals surface area contributed by atoms with Gasteiger partial charge in [-0.1, -0.05) is 12.1 Å². The van der Waals surface area contributed by atoms with E-state index in [1.165, 1.54) is 5.69 Å². The maximum atomic E-state index is 9.76. The quantitative estimate of drug-likeness (QED) is 0.427. The average molecular weight is 528 g/mol. The minimum Gasteiger partial charge on any atom is -0.371 e. The Bertz CT molecular complexity index is 1460. The zero-order chi connectivity index (χ0) is 24.8. The van der Waals surface area contributed by atoms with E-state index in [1.807, 2.05) is 16.9 Å². The van der Waals surface area contributed by atoms with Gasteiger partial charge in [0.2, 0.25) is 0 Å². The third-order valence-corrected chi connectivity index (χ3v) is 7.84. The second-order valence-electron chi connectivity index (χ2n) is 10.2. The Kier molecular flexibility index (Phi) is 6.66. The highest BCUT2D eigenvalue weighted by Crippen LogP contribution is 2.34. The Hall–Kier alpha value is -3.64. The minimum absolute atomic E-state index is 0. The van der Waals surface area contributed by atoms with E-state index in [0.717, 1.165) is 85.7 Å². The smallest absolute Gasteiger partial charge is 0.128 e. The van der Waals surface area contributed by atoms with Gasteiger partial charge in [-0.15, -0.1) is 12.4 Å². The number of ether oxygens (including phenoxy) is 1. The number of rotatable bonds is 4. The predicted molar refractivity (Wildman–Crippen MR) is 151 cm³/mol. The topological polar surface area (TPSA) is 81.7 Å². The fourth-order valence-corrected chi connectivity index (χ4v) is 5.90. The summed E-state index contributed by atoms with van der Waals surface area (Å²) in [5.74, 6) is 0.980. The van der Waals surface area contributed by atoms with Crippen LogP contribution in [0.5, 0.6) is 0 Å². The number of hydrogen-bond donors (Lipinski definition) is 1. The number of nitrogens with zero attached hydrogens (tertiary/aromatic N) is 6. The molecule has 3 aliphatic rings. The molecule has 3 saturated heterocycles.